The lowest BCUT2D eigenvalue weighted by Crippen LogP contribution is -2.42. The van der Waals surface area contributed by atoms with Crippen molar-refractivity contribution in [3.05, 3.63) is 12.2 Å². The number of hydrogen-bond acceptors (Lipinski definition) is 8. The first-order chi connectivity index (χ1) is 13.1. The van der Waals surface area contributed by atoms with Gasteiger partial charge >= 0.3 is 24.1 Å². The van der Waals surface area contributed by atoms with E-state index in [4.69, 9.17) is 9.47 Å². The van der Waals surface area contributed by atoms with E-state index in [-0.39, 0.29) is 25.0 Å². The molecule has 28 heavy (non-hydrogen) atoms. The van der Waals surface area contributed by atoms with Gasteiger partial charge in [0.1, 0.15) is 13.2 Å². The van der Waals surface area contributed by atoms with Crippen molar-refractivity contribution in [1.29, 1.82) is 0 Å². The molecular formula is C18H30N2O8. The monoisotopic (exact) mass is 402 g/mol. The highest BCUT2D eigenvalue weighted by Crippen LogP contribution is 2.04. The van der Waals surface area contributed by atoms with Gasteiger partial charge in [0.15, 0.2) is 0 Å². The van der Waals surface area contributed by atoms with E-state index >= 15 is 0 Å². The number of hydrogen-bond donors (Lipinski definition) is 2. The van der Waals surface area contributed by atoms with Crippen LogP contribution in [0.1, 0.15) is 27.7 Å². The number of carbonyl (C=O) groups is 4. The second kappa shape index (κ2) is 13.4. The molecule has 0 radical (unpaired) electrons. The summed E-state index contributed by atoms with van der Waals surface area (Å²) in [6.07, 6.45) is 0.592. The summed E-state index contributed by atoms with van der Waals surface area (Å²) in [6.45, 7) is 7.21. The maximum atomic E-state index is 11.7. The van der Waals surface area contributed by atoms with Gasteiger partial charge in [-0.25, -0.2) is 19.2 Å². The Bertz CT molecular complexity index is 512. The molecule has 0 aliphatic carbocycles. The Balaban J connectivity index is 4.46. The average molecular weight is 402 g/mol. The average Bonchev–Trinajstić information content (AvgIpc) is 2.65. The molecule has 0 heterocycles. The van der Waals surface area contributed by atoms with Crippen molar-refractivity contribution in [1.82, 2.24) is 10.6 Å². The summed E-state index contributed by atoms with van der Waals surface area (Å²) in [7, 11) is 2.47. The minimum Gasteiger partial charge on any atom is -0.460 e. The highest BCUT2D eigenvalue weighted by molar-refractivity contribution is 5.91. The van der Waals surface area contributed by atoms with E-state index in [0.717, 1.165) is 12.2 Å². The fourth-order valence-corrected chi connectivity index (χ4v) is 1.80. The summed E-state index contributed by atoms with van der Waals surface area (Å²) in [5, 5.41) is 5.10. The smallest absolute Gasteiger partial charge is 0.407 e. The summed E-state index contributed by atoms with van der Waals surface area (Å²) in [6, 6.07) is -0.874. The molecule has 2 amide bonds. The van der Waals surface area contributed by atoms with Crippen LogP contribution in [0, 0.1) is 11.8 Å². The molecule has 10 nitrogen and oxygen atoms in total. The first-order valence-corrected chi connectivity index (χ1v) is 8.81. The van der Waals surface area contributed by atoms with Crippen molar-refractivity contribution < 1.29 is 38.1 Å². The number of amides is 2. The molecule has 0 unspecified atom stereocenters. The number of rotatable bonds is 10. The summed E-state index contributed by atoms with van der Waals surface area (Å²) < 4.78 is 19.1. The van der Waals surface area contributed by atoms with Gasteiger partial charge in [-0.3, -0.25) is 0 Å². The van der Waals surface area contributed by atoms with Gasteiger partial charge in [-0.05, 0) is 11.8 Å². The second-order valence-corrected chi connectivity index (χ2v) is 6.57. The van der Waals surface area contributed by atoms with E-state index in [9.17, 15) is 19.2 Å². The molecule has 160 valence electrons. The van der Waals surface area contributed by atoms with Crippen molar-refractivity contribution in [3.8, 4) is 0 Å². The molecule has 0 bridgehead atoms. The van der Waals surface area contributed by atoms with Crippen LogP contribution in [0.2, 0.25) is 0 Å². The molecule has 0 rings (SSSR count). The van der Waals surface area contributed by atoms with Crippen LogP contribution in [-0.4, -0.2) is 63.6 Å². The summed E-state index contributed by atoms with van der Waals surface area (Å²) in [5.41, 5.74) is 0. The molecule has 2 N–H and O–H groups in total. The van der Waals surface area contributed by atoms with Gasteiger partial charge in [0.25, 0.3) is 0 Å². The summed E-state index contributed by atoms with van der Waals surface area (Å²) in [4.78, 5) is 46.0. The Labute approximate surface area is 164 Å². The lowest BCUT2D eigenvalue weighted by molar-refractivity contribution is -0.141. The van der Waals surface area contributed by atoms with Crippen molar-refractivity contribution >= 4 is 24.1 Å². The SMILES string of the molecule is COC(=O)N[C@@H](COC(=O)/C=C/C(=O)OC[C@H](NC(=O)OC)C(C)C)C(C)C. The first kappa shape index (κ1) is 25.2. The predicted molar refractivity (Wildman–Crippen MR) is 99.4 cm³/mol. The minimum absolute atomic E-state index is 0.00359. The maximum absolute atomic E-state index is 11.7. The van der Waals surface area contributed by atoms with Gasteiger partial charge in [-0.1, -0.05) is 27.7 Å². The van der Waals surface area contributed by atoms with E-state index in [1.807, 2.05) is 27.7 Å². The van der Waals surface area contributed by atoms with Crippen LogP contribution < -0.4 is 10.6 Å². The third-order valence-corrected chi connectivity index (χ3v) is 3.75. The van der Waals surface area contributed by atoms with Crippen LogP contribution in [0.15, 0.2) is 12.2 Å². The first-order valence-electron chi connectivity index (χ1n) is 8.81. The van der Waals surface area contributed by atoms with Crippen LogP contribution in [0.25, 0.3) is 0 Å². The van der Waals surface area contributed by atoms with E-state index in [1.54, 1.807) is 0 Å². The zero-order chi connectivity index (χ0) is 21.7. The topological polar surface area (TPSA) is 129 Å². The van der Waals surface area contributed by atoms with E-state index in [0.29, 0.717) is 0 Å². The normalized spacial score (nSPS) is 13.0. The van der Waals surface area contributed by atoms with Gasteiger partial charge in [-0.2, -0.15) is 0 Å². The molecule has 0 aromatic carbocycles. The van der Waals surface area contributed by atoms with Crippen LogP contribution in [0.3, 0.4) is 0 Å². The van der Waals surface area contributed by atoms with Gasteiger partial charge < -0.3 is 29.6 Å². The molecule has 0 fully saturated rings. The predicted octanol–water partition coefficient (Wildman–Crippen LogP) is 1.39. The molecule has 0 saturated heterocycles. The third-order valence-electron chi connectivity index (χ3n) is 3.75. The highest BCUT2D eigenvalue weighted by atomic mass is 16.6. The standard InChI is InChI=1S/C18H30N2O8/c1-11(2)13(19-17(23)25-5)9-27-15(21)7-8-16(22)28-10-14(12(3)4)20-18(24)26-6/h7-8,11-14H,9-10H2,1-6H3,(H,19,23)(H,20,24)/b8-7+/t13-,14-/m0/s1. The van der Waals surface area contributed by atoms with Crippen LogP contribution in [-0.2, 0) is 28.5 Å². The zero-order valence-electron chi connectivity index (χ0n) is 17.1. The number of methoxy groups -OCH3 is 2. The van der Waals surface area contributed by atoms with E-state index < -0.39 is 36.2 Å². The van der Waals surface area contributed by atoms with E-state index in [2.05, 4.69) is 20.1 Å². The number of nitrogens with one attached hydrogen (secondary N) is 2. The largest absolute Gasteiger partial charge is 0.460 e. The fraction of sp³-hybridized carbons (Fsp3) is 0.667. The van der Waals surface area contributed by atoms with Gasteiger partial charge in [0.05, 0.1) is 26.3 Å². The molecule has 2 atom stereocenters. The molecule has 0 aliphatic rings. The Kier molecular flexibility index (Phi) is 12.1. The van der Waals surface area contributed by atoms with Gasteiger partial charge in [0, 0.05) is 12.2 Å². The molecule has 0 aromatic heterocycles. The minimum atomic E-state index is -0.762. The molecule has 0 aromatic rings. The Morgan fingerprint density at radius 2 is 1.04 bits per heavy atom. The Morgan fingerprint density at radius 1 is 0.714 bits per heavy atom. The third kappa shape index (κ3) is 11.0. The molecule has 10 heteroatoms. The van der Waals surface area contributed by atoms with Crippen LogP contribution in [0.5, 0.6) is 0 Å². The number of alkyl carbamates (subject to hydrolysis) is 2. The summed E-state index contributed by atoms with van der Waals surface area (Å²) in [5.74, 6) is -1.53. The highest BCUT2D eigenvalue weighted by Gasteiger charge is 2.19. The molecule has 0 spiro atoms. The Hall–Kier alpha value is -2.78. The van der Waals surface area contributed by atoms with Crippen molar-refractivity contribution in [3.63, 3.8) is 0 Å². The van der Waals surface area contributed by atoms with E-state index in [1.165, 1.54) is 14.2 Å². The summed E-state index contributed by atoms with van der Waals surface area (Å²) >= 11 is 0. The quantitative estimate of drug-likeness (QED) is 0.319. The van der Waals surface area contributed by atoms with Gasteiger partial charge in [0.2, 0.25) is 0 Å². The zero-order valence-corrected chi connectivity index (χ0v) is 17.1. The number of ether oxygens (including phenoxy) is 4. The van der Waals surface area contributed by atoms with Crippen molar-refractivity contribution in [2.45, 2.75) is 39.8 Å². The Morgan fingerprint density at radius 3 is 1.29 bits per heavy atom. The number of esters is 2. The maximum Gasteiger partial charge on any atom is 0.407 e. The van der Waals surface area contributed by atoms with Crippen LogP contribution in [0.4, 0.5) is 9.59 Å². The molecular weight excluding hydrogens is 372 g/mol. The number of carbonyl (C=O) groups excluding carboxylic acids is 4. The fourth-order valence-electron chi connectivity index (χ4n) is 1.80. The van der Waals surface area contributed by atoms with Crippen molar-refractivity contribution in [2.75, 3.05) is 27.4 Å². The second-order valence-electron chi connectivity index (χ2n) is 6.57. The van der Waals surface area contributed by atoms with Crippen molar-refractivity contribution in [2.24, 2.45) is 11.8 Å². The lowest BCUT2D eigenvalue weighted by Gasteiger charge is -2.21. The molecule has 0 saturated carbocycles. The van der Waals surface area contributed by atoms with Gasteiger partial charge in [-0.15, -0.1) is 0 Å². The van der Waals surface area contributed by atoms with Crippen LogP contribution >= 0.6 is 0 Å². The lowest BCUT2D eigenvalue weighted by atomic mass is 10.1. The molecule has 0 aliphatic heterocycles.